The number of aromatic nitrogens is 2. The highest BCUT2D eigenvalue weighted by Crippen LogP contribution is 2.24. The number of fused-ring (bicyclic) bond motifs is 1. The fourth-order valence-corrected chi connectivity index (χ4v) is 3.52. The molecule has 2 aliphatic heterocycles. The van der Waals surface area contributed by atoms with Crippen molar-refractivity contribution in [2.24, 2.45) is 5.73 Å². The summed E-state index contributed by atoms with van der Waals surface area (Å²) in [5, 5.41) is 0. The Morgan fingerprint density at radius 2 is 2.29 bits per heavy atom. The van der Waals surface area contributed by atoms with Crippen LogP contribution >= 0.6 is 0 Å². The topological polar surface area (TPSA) is 67.4 Å². The summed E-state index contributed by atoms with van der Waals surface area (Å²) in [6.07, 6.45) is 7.29. The Labute approximate surface area is 125 Å². The van der Waals surface area contributed by atoms with E-state index in [-0.39, 0.29) is 11.9 Å². The molecule has 0 aromatic carbocycles. The number of rotatable bonds is 3. The third kappa shape index (κ3) is 2.96. The van der Waals surface area contributed by atoms with Crippen molar-refractivity contribution in [1.29, 1.82) is 0 Å². The second-order valence-corrected chi connectivity index (χ2v) is 6.24. The summed E-state index contributed by atoms with van der Waals surface area (Å²) >= 11 is 0. The van der Waals surface area contributed by atoms with Gasteiger partial charge in [0, 0.05) is 44.5 Å². The molecule has 0 spiro atoms. The van der Waals surface area contributed by atoms with Gasteiger partial charge in [0.05, 0.1) is 6.33 Å². The van der Waals surface area contributed by atoms with Gasteiger partial charge in [0.2, 0.25) is 0 Å². The van der Waals surface area contributed by atoms with Crippen LogP contribution in [-0.4, -0.2) is 63.5 Å². The van der Waals surface area contributed by atoms with Gasteiger partial charge in [-0.1, -0.05) is 6.42 Å². The molecule has 1 aromatic rings. The molecule has 0 bridgehead atoms. The highest BCUT2D eigenvalue weighted by Gasteiger charge is 2.35. The Morgan fingerprint density at radius 1 is 1.43 bits per heavy atom. The molecule has 0 radical (unpaired) electrons. The molecule has 1 aromatic heterocycles. The van der Waals surface area contributed by atoms with Crippen molar-refractivity contribution in [3.63, 3.8) is 0 Å². The van der Waals surface area contributed by atoms with Crippen LogP contribution in [0.3, 0.4) is 0 Å². The molecule has 2 aliphatic rings. The fraction of sp³-hybridized carbons (Fsp3) is 0.733. The van der Waals surface area contributed by atoms with E-state index < -0.39 is 0 Å². The lowest BCUT2D eigenvalue weighted by Gasteiger charge is -2.47. The first kappa shape index (κ1) is 14.5. The lowest BCUT2D eigenvalue weighted by Crippen LogP contribution is -2.60. The summed E-state index contributed by atoms with van der Waals surface area (Å²) in [4.78, 5) is 21.5. The lowest BCUT2D eigenvalue weighted by atomic mass is 9.97. The quantitative estimate of drug-likeness (QED) is 0.882. The number of nitrogens with zero attached hydrogens (tertiary/aromatic N) is 4. The Kier molecular flexibility index (Phi) is 4.26. The molecule has 3 heterocycles. The van der Waals surface area contributed by atoms with Crippen LogP contribution < -0.4 is 5.73 Å². The minimum absolute atomic E-state index is 0.0588. The minimum atomic E-state index is 0.0588. The summed E-state index contributed by atoms with van der Waals surface area (Å²) in [7, 11) is 0. The number of amides is 1. The Hall–Kier alpha value is -1.40. The van der Waals surface area contributed by atoms with Gasteiger partial charge in [-0.25, -0.2) is 4.98 Å². The van der Waals surface area contributed by atoms with Crippen molar-refractivity contribution in [1.82, 2.24) is 19.4 Å². The molecule has 6 heteroatoms. The van der Waals surface area contributed by atoms with Gasteiger partial charge in [0.25, 0.3) is 5.91 Å². The van der Waals surface area contributed by atoms with Gasteiger partial charge in [0.1, 0.15) is 5.69 Å². The summed E-state index contributed by atoms with van der Waals surface area (Å²) in [6.45, 7) is 6.40. The molecule has 2 fully saturated rings. The first-order valence-electron chi connectivity index (χ1n) is 7.96. The van der Waals surface area contributed by atoms with Crippen molar-refractivity contribution < 1.29 is 4.79 Å². The monoisotopic (exact) mass is 291 g/mol. The van der Waals surface area contributed by atoms with Gasteiger partial charge in [-0.05, 0) is 26.3 Å². The largest absolute Gasteiger partial charge is 0.335 e. The van der Waals surface area contributed by atoms with Crippen LogP contribution in [0.15, 0.2) is 12.5 Å². The third-order valence-electron chi connectivity index (χ3n) is 4.69. The molecule has 6 nitrogen and oxygen atoms in total. The van der Waals surface area contributed by atoms with Crippen LogP contribution in [0.25, 0.3) is 0 Å². The zero-order valence-corrected chi connectivity index (χ0v) is 12.7. The summed E-state index contributed by atoms with van der Waals surface area (Å²) in [5.41, 5.74) is 6.08. The molecule has 2 N–H and O–H groups in total. The molecule has 2 saturated heterocycles. The van der Waals surface area contributed by atoms with Crippen molar-refractivity contribution >= 4 is 5.91 Å². The number of piperazine rings is 1. The zero-order chi connectivity index (χ0) is 14.8. The van der Waals surface area contributed by atoms with Gasteiger partial charge in [-0.15, -0.1) is 0 Å². The van der Waals surface area contributed by atoms with Crippen LogP contribution in [0.4, 0.5) is 0 Å². The van der Waals surface area contributed by atoms with Gasteiger partial charge >= 0.3 is 0 Å². The average molecular weight is 291 g/mol. The molecule has 1 amide bonds. The standard InChI is InChI=1S/C15H25N5O/c1-12-8-19-6-3-2-4-13(19)9-20(12)15(21)14-10-18(7-5-16)11-17-14/h10-13H,2-9,16H2,1H3. The van der Waals surface area contributed by atoms with E-state index in [1.165, 1.54) is 25.8 Å². The molecule has 0 saturated carbocycles. The molecule has 2 unspecified atom stereocenters. The average Bonchev–Trinajstić information content (AvgIpc) is 2.95. The Morgan fingerprint density at radius 3 is 3.10 bits per heavy atom. The van der Waals surface area contributed by atoms with E-state index in [1.54, 1.807) is 6.33 Å². The molecule has 3 rings (SSSR count). The number of nitrogens with two attached hydrogens (primary N) is 1. The van der Waals surface area contributed by atoms with Crippen LogP contribution in [-0.2, 0) is 6.54 Å². The summed E-state index contributed by atoms with van der Waals surface area (Å²) in [6, 6.07) is 0.788. The number of carbonyl (C=O) groups excluding carboxylic acids is 1. The maximum absolute atomic E-state index is 12.7. The van der Waals surface area contributed by atoms with Gasteiger partial charge < -0.3 is 15.2 Å². The van der Waals surface area contributed by atoms with Gasteiger partial charge in [0.15, 0.2) is 0 Å². The molecule has 0 aliphatic carbocycles. The molecule has 21 heavy (non-hydrogen) atoms. The second kappa shape index (κ2) is 6.15. The van der Waals surface area contributed by atoms with Crippen LogP contribution in [0.2, 0.25) is 0 Å². The normalized spacial score (nSPS) is 26.7. The molecule has 116 valence electrons. The van der Waals surface area contributed by atoms with E-state index in [9.17, 15) is 4.79 Å². The van der Waals surface area contributed by atoms with E-state index in [1.807, 2.05) is 15.7 Å². The second-order valence-electron chi connectivity index (χ2n) is 6.24. The summed E-state index contributed by atoms with van der Waals surface area (Å²) < 4.78 is 1.88. The van der Waals surface area contributed by atoms with E-state index in [4.69, 9.17) is 5.73 Å². The van der Waals surface area contributed by atoms with Crippen molar-refractivity contribution in [3.8, 4) is 0 Å². The third-order valence-corrected chi connectivity index (χ3v) is 4.69. The number of hydrogen-bond donors (Lipinski definition) is 1. The van der Waals surface area contributed by atoms with E-state index in [0.29, 0.717) is 24.8 Å². The minimum Gasteiger partial charge on any atom is -0.335 e. The predicted molar refractivity (Wildman–Crippen MR) is 81.0 cm³/mol. The van der Waals surface area contributed by atoms with Crippen molar-refractivity contribution in [3.05, 3.63) is 18.2 Å². The van der Waals surface area contributed by atoms with Crippen LogP contribution in [0.5, 0.6) is 0 Å². The fourth-order valence-electron chi connectivity index (χ4n) is 3.52. The SMILES string of the molecule is CC1CN2CCCCC2CN1C(=O)c1cn(CCN)cn1. The maximum Gasteiger partial charge on any atom is 0.274 e. The van der Waals surface area contributed by atoms with E-state index in [0.717, 1.165) is 13.1 Å². The first-order valence-corrected chi connectivity index (χ1v) is 7.96. The van der Waals surface area contributed by atoms with Gasteiger partial charge in [-0.3, -0.25) is 9.69 Å². The van der Waals surface area contributed by atoms with Crippen LogP contribution in [0.1, 0.15) is 36.7 Å². The Balaban J connectivity index is 1.70. The van der Waals surface area contributed by atoms with Crippen LogP contribution in [0, 0.1) is 0 Å². The smallest absolute Gasteiger partial charge is 0.274 e. The van der Waals surface area contributed by atoms with E-state index >= 15 is 0 Å². The number of imidazole rings is 1. The highest BCUT2D eigenvalue weighted by atomic mass is 16.2. The van der Waals surface area contributed by atoms with Crippen molar-refractivity contribution in [2.45, 2.75) is 44.8 Å². The first-order chi connectivity index (χ1) is 10.2. The van der Waals surface area contributed by atoms with E-state index in [2.05, 4.69) is 16.8 Å². The van der Waals surface area contributed by atoms with Crippen molar-refractivity contribution in [2.75, 3.05) is 26.2 Å². The number of carbonyl (C=O) groups is 1. The zero-order valence-electron chi connectivity index (χ0n) is 12.7. The molecular weight excluding hydrogens is 266 g/mol. The Bertz CT molecular complexity index is 500. The number of hydrogen-bond acceptors (Lipinski definition) is 4. The molecule has 2 atom stereocenters. The highest BCUT2D eigenvalue weighted by molar-refractivity contribution is 5.92. The maximum atomic E-state index is 12.7. The van der Waals surface area contributed by atoms with Gasteiger partial charge in [-0.2, -0.15) is 0 Å². The predicted octanol–water partition coefficient (Wildman–Crippen LogP) is 0.541. The lowest BCUT2D eigenvalue weighted by molar-refractivity contribution is 0.0148. The molecular formula is C15H25N5O. The number of piperidine rings is 1. The summed E-state index contributed by atoms with van der Waals surface area (Å²) in [5.74, 6) is 0.0588.